The molecule has 2 aromatic rings. The fourth-order valence-corrected chi connectivity index (χ4v) is 1.85. The molecule has 0 saturated heterocycles. The fraction of sp³-hybridized carbons (Fsp3) is 0.417. The monoisotopic (exact) mass is 275 g/mol. The number of nitrogen functional groups attached to an aromatic ring is 1. The number of nitrogens with two attached hydrogens (primary N) is 1. The van der Waals surface area contributed by atoms with Crippen LogP contribution in [0.25, 0.3) is 0 Å². The molecule has 8 heteroatoms. The van der Waals surface area contributed by atoms with Crippen LogP contribution in [0.3, 0.4) is 0 Å². The van der Waals surface area contributed by atoms with E-state index in [2.05, 4.69) is 25.8 Å². The van der Waals surface area contributed by atoms with Crippen LogP contribution in [0.5, 0.6) is 0 Å². The molecule has 0 unspecified atom stereocenters. The van der Waals surface area contributed by atoms with Crippen LogP contribution in [0.2, 0.25) is 0 Å². The highest BCUT2D eigenvalue weighted by molar-refractivity contribution is 5.76. The lowest BCUT2D eigenvalue weighted by molar-refractivity contribution is -0.122. The largest absolute Gasteiger partial charge is 0.367 e. The number of amides is 1. The number of rotatable bonds is 5. The topological polar surface area (TPSA) is 112 Å². The van der Waals surface area contributed by atoms with Crippen LogP contribution in [0, 0.1) is 6.92 Å². The van der Waals surface area contributed by atoms with Gasteiger partial charge in [-0.15, -0.1) is 0 Å². The van der Waals surface area contributed by atoms with E-state index < -0.39 is 0 Å². The number of aryl methyl sites for hydroxylation is 1. The van der Waals surface area contributed by atoms with E-state index in [-0.39, 0.29) is 24.4 Å². The first-order chi connectivity index (χ1) is 9.56. The standard InChI is InChI=1S/C12H17N7O/c1-8-4-3-5-14-10(8)6-9(2)15-11(20)7-19-12(13)16-17-18-19/h3-5,9H,6-7H2,1-2H3,(H,15,20)(H2,13,16,18)/t9-/m0/s1. The molecule has 0 aliphatic heterocycles. The quantitative estimate of drug-likeness (QED) is 0.775. The Kier molecular flexibility index (Phi) is 4.24. The Hall–Kier alpha value is -2.51. The first-order valence-corrected chi connectivity index (χ1v) is 6.27. The highest BCUT2D eigenvalue weighted by atomic mass is 16.2. The zero-order chi connectivity index (χ0) is 14.5. The molecule has 1 atom stereocenters. The minimum absolute atomic E-state index is 0.00434. The molecule has 0 spiro atoms. The Labute approximate surface area is 116 Å². The van der Waals surface area contributed by atoms with Crippen molar-refractivity contribution >= 4 is 11.9 Å². The van der Waals surface area contributed by atoms with Crippen molar-refractivity contribution in [3.63, 3.8) is 0 Å². The van der Waals surface area contributed by atoms with Gasteiger partial charge in [-0.1, -0.05) is 11.2 Å². The molecule has 0 aromatic carbocycles. The molecule has 20 heavy (non-hydrogen) atoms. The van der Waals surface area contributed by atoms with Gasteiger partial charge in [0.15, 0.2) is 0 Å². The van der Waals surface area contributed by atoms with E-state index in [9.17, 15) is 4.79 Å². The molecule has 8 nitrogen and oxygen atoms in total. The van der Waals surface area contributed by atoms with Gasteiger partial charge in [0.05, 0.1) is 0 Å². The van der Waals surface area contributed by atoms with Crippen LogP contribution >= 0.6 is 0 Å². The first kappa shape index (κ1) is 13.9. The molecule has 0 fully saturated rings. The summed E-state index contributed by atoms with van der Waals surface area (Å²) >= 11 is 0. The van der Waals surface area contributed by atoms with Crippen molar-refractivity contribution in [2.75, 3.05) is 5.73 Å². The van der Waals surface area contributed by atoms with Gasteiger partial charge >= 0.3 is 0 Å². The van der Waals surface area contributed by atoms with Gasteiger partial charge < -0.3 is 11.1 Å². The SMILES string of the molecule is Cc1cccnc1C[C@H](C)NC(=O)Cn1nnnc1N. The van der Waals surface area contributed by atoms with Crippen molar-refractivity contribution in [2.45, 2.75) is 32.9 Å². The van der Waals surface area contributed by atoms with E-state index in [1.54, 1.807) is 6.20 Å². The highest BCUT2D eigenvalue weighted by Crippen LogP contribution is 2.06. The lowest BCUT2D eigenvalue weighted by Crippen LogP contribution is -2.37. The second-order valence-electron chi connectivity index (χ2n) is 4.63. The van der Waals surface area contributed by atoms with Crippen LogP contribution in [0.15, 0.2) is 18.3 Å². The maximum absolute atomic E-state index is 11.8. The minimum Gasteiger partial charge on any atom is -0.367 e. The summed E-state index contributed by atoms with van der Waals surface area (Å²) in [6.45, 7) is 3.93. The van der Waals surface area contributed by atoms with E-state index in [0.717, 1.165) is 11.3 Å². The van der Waals surface area contributed by atoms with Crippen molar-refractivity contribution in [3.8, 4) is 0 Å². The maximum Gasteiger partial charge on any atom is 0.242 e. The fourth-order valence-electron chi connectivity index (χ4n) is 1.85. The molecular formula is C12H17N7O. The van der Waals surface area contributed by atoms with Crippen LogP contribution < -0.4 is 11.1 Å². The van der Waals surface area contributed by atoms with E-state index in [4.69, 9.17) is 5.73 Å². The lowest BCUT2D eigenvalue weighted by atomic mass is 10.1. The lowest BCUT2D eigenvalue weighted by Gasteiger charge is -2.14. The normalized spacial score (nSPS) is 12.1. The van der Waals surface area contributed by atoms with E-state index in [0.29, 0.717) is 6.42 Å². The molecule has 2 aromatic heterocycles. The van der Waals surface area contributed by atoms with Gasteiger partial charge in [-0.2, -0.15) is 0 Å². The molecule has 0 bridgehead atoms. The number of aromatic nitrogens is 5. The van der Waals surface area contributed by atoms with Gasteiger partial charge in [-0.3, -0.25) is 9.78 Å². The molecule has 2 rings (SSSR count). The average molecular weight is 275 g/mol. The summed E-state index contributed by atoms with van der Waals surface area (Å²) in [7, 11) is 0. The summed E-state index contributed by atoms with van der Waals surface area (Å²) in [5, 5.41) is 13.4. The van der Waals surface area contributed by atoms with Gasteiger partial charge in [-0.25, -0.2) is 4.68 Å². The number of hydrogen-bond donors (Lipinski definition) is 2. The zero-order valence-electron chi connectivity index (χ0n) is 11.4. The number of pyridine rings is 1. The van der Waals surface area contributed by atoms with Crippen molar-refractivity contribution in [1.29, 1.82) is 0 Å². The maximum atomic E-state index is 11.8. The second-order valence-corrected chi connectivity index (χ2v) is 4.63. The van der Waals surface area contributed by atoms with Crippen molar-refractivity contribution in [1.82, 2.24) is 30.5 Å². The van der Waals surface area contributed by atoms with E-state index in [1.807, 2.05) is 26.0 Å². The predicted octanol–water partition coefficient (Wildman–Crippen LogP) is -0.294. The summed E-state index contributed by atoms with van der Waals surface area (Å²) in [6, 6.07) is 3.86. The summed E-state index contributed by atoms with van der Waals surface area (Å²) in [6.07, 6.45) is 2.42. The number of tetrazole rings is 1. The Morgan fingerprint density at radius 3 is 3.00 bits per heavy atom. The molecule has 0 aliphatic carbocycles. The van der Waals surface area contributed by atoms with E-state index in [1.165, 1.54) is 4.68 Å². The summed E-state index contributed by atoms with van der Waals surface area (Å²) < 4.78 is 1.24. The molecule has 106 valence electrons. The third kappa shape index (κ3) is 3.50. The van der Waals surface area contributed by atoms with Crippen LogP contribution in [-0.4, -0.2) is 37.1 Å². The third-order valence-corrected chi connectivity index (χ3v) is 2.88. The van der Waals surface area contributed by atoms with Crippen LogP contribution in [0.4, 0.5) is 5.95 Å². The number of carbonyl (C=O) groups excluding carboxylic acids is 1. The molecule has 0 saturated carbocycles. The van der Waals surface area contributed by atoms with Gasteiger partial charge in [-0.05, 0) is 35.9 Å². The molecule has 3 N–H and O–H groups in total. The Morgan fingerprint density at radius 2 is 2.35 bits per heavy atom. The molecule has 0 radical (unpaired) electrons. The number of carbonyl (C=O) groups is 1. The average Bonchev–Trinajstić information content (AvgIpc) is 2.77. The number of hydrogen-bond acceptors (Lipinski definition) is 6. The first-order valence-electron chi connectivity index (χ1n) is 6.27. The second kappa shape index (κ2) is 6.09. The molecular weight excluding hydrogens is 258 g/mol. The van der Waals surface area contributed by atoms with Crippen molar-refractivity contribution in [2.24, 2.45) is 0 Å². The highest BCUT2D eigenvalue weighted by Gasteiger charge is 2.12. The third-order valence-electron chi connectivity index (χ3n) is 2.88. The van der Waals surface area contributed by atoms with Gasteiger partial charge in [0.1, 0.15) is 6.54 Å². The number of nitrogens with one attached hydrogen (secondary N) is 1. The number of nitrogens with zero attached hydrogens (tertiary/aromatic N) is 5. The Bertz CT molecular complexity index is 595. The van der Waals surface area contributed by atoms with E-state index >= 15 is 0 Å². The number of anilines is 1. The van der Waals surface area contributed by atoms with Crippen LogP contribution in [-0.2, 0) is 17.8 Å². The van der Waals surface area contributed by atoms with Crippen molar-refractivity contribution < 1.29 is 4.79 Å². The molecule has 1 amide bonds. The summed E-state index contributed by atoms with van der Waals surface area (Å²) in [4.78, 5) is 16.2. The minimum atomic E-state index is -0.190. The van der Waals surface area contributed by atoms with Gasteiger partial charge in [0.2, 0.25) is 11.9 Å². The predicted molar refractivity (Wildman–Crippen MR) is 72.5 cm³/mol. The Morgan fingerprint density at radius 1 is 1.55 bits per heavy atom. The summed E-state index contributed by atoms with van der Waals surface area (Å²) in [5.41, 5.74) is 7.58. The van der Waals surface area contributed by atoms with Gasteiger partial charge in [0, 0.05) is 24.4 Å². The molecule has 0 aliphatic rings. The van der Waals surface area contributed by atoms with Crippen LogP contribution in [0.1, 0.15) is 18.2 Å². The summed E-state index contributed by atoms with van der Waals surface area (Å²) in [5.74, 6) is -0.0709. The smallest absolute Gasteiger partial charge is 0.242 e. The Balaban J connectivity index is 1.88. The van der Waals surface area contributed by atoms with Gasteiger partial charge in [0.25, 0.3) is 0 Å². The zero-order valence-corrected chi connectivity index (χ0v) is 11.4. The van der Waals surface area contributed by atoms with Crippen molar-refractivity contribution in [3.05, 3.63) is 29.6 Å². The molecule has 2 heterocycles.